The molecule has 0 fully saturated rings. The van der Waals surface area contributed by atoms with Crippen LogP contribution >= 0.6 is 0 Å². The van der Waals surface area contributed by atoms with Gasteiger partial charge in [0, 0.05) is 13.3 Å². The van der Waals surface area contributed by atoms with Crippen LogP contribution in [0.2, 0.25) is 0 Å². The maximum Gasteiger partial charge on any atom is 0.254 e. The largest absolute Gasteiger partial charge is 0.450 e. The summed E-state index contributed by atoms with van der Waals surface area (Å²) in [5.41, 5.74) is 5.34. The van der Waals surface area contributed by atoms with Crippen molar-refractivity contribution in [1.29, 1.82) is 0 Å². The molecule has 0 unspecified atom stereocenters. The lowest BCUT2D eigenvalue weighted by molar-refractivity contribution is 0.0469. The van der Waals surface area contributed by atoms with E-state index in [1.807, 2.05) is 0 Å². The molecular formula is C8H10N2O3. The number of primary amides is 1. The highest BCUT2D eigenvalue weighted by atomic mass is 16.7. The number of hydrogen-bond acceptors (Lipinski definition) is 4. The number of rotatable bonds is 4. The summed E-state index contributed by atoms with van der Waals surface area (Å²) in [6.45, 7) is 0.0390. The zero-order valence-corrected chi connectivity index (χ0v) is 7.19. The lowest BCUT2D eigenvalue weighted by Crippen LogP contribution is -2.14. The summed E-state index contributed by atoms with van der Waals surface area (Å²) >= 11 is 0. The van der Waals surface area contributed by atoms with Crippen molar-refractivity contribution in [2.75, 3.05) is 13.9 Å². The third-order valence-electron chi connectivity index (χ3n) is 1.35. The van der Waals surface area contributed by atoms with Gasteiger partial charge in [0.1, 0.15) is 5.56 Å². The predicted octanol–water partition coefficient (Wildman–Crippen LogP) is 0.163. The van der Waals surface area contributed by atoms with E-state index in [-0.39, 0.29) is 18.2 Å². The van der Waals surface area contributed by atoms with E-state index in [4.69, 9.17) is 10.5 Å². The summed E-state index contributed by atoms with van der Waals surface area (Å²) in [7, 11) is 1.48. The van der Waals surface area contributed by atoms with Gasteiger partial charge < -0.3 is 15.2 Å². The van der Waals surface area contributed by atoms with Gasteiger partial charge in [0.15, 0.2) is 6.79 Å². The SMILES string of the molecule is COCOc1ncccc1C(N)=O. The molecule has 0 aliphatic heterocycles. The van der Waals surface area contributed by atoms with Crippen molar-refractivity contribution in [3.05, 3.63) is 23.9 Å². The molecule has 5 heteroatoms. The van der Waals surface area contributed by atoms with E-state index >= 15 is 0 Å². The van der Waals surface area contributed by atoms with Gasteiger partial charge in [-0.25, -0.2) is 4.98 Å². The average molecular weight is 182 g/mol. The van der Waals surface area contributed by atoms with Crippen LogP contribution in [0.25, 0.3) is 0 Å². The van der Waals surface area contributed by atoms with Gasteiger partial charge in [-0.3, -0.25) is 4.79 Å². The van der Waals surface area contributed by atoms with Crippen LogP contribution in [0.3, 0.4) is 0 Å². The third kappa shape index (κ3) is 2.41. The van der Waals surface area contributed by atoms with Gasteiger partial charge >= 0.3 is 0 Å². The normalized spacial score (nSPS) is 9.62. The highest BCUT2D eigenvalue weighted by Crippen LogP contribution is 2.12. The van der Waals surface area contributed by atoms with Gasteiger partial charge in [-0.2, -0.15) is 0 Å². The third-order valence-corrected chi connectivity index (χ3v) is 1.35. The van der Waals surface area contributed by atoms with Gasteiger partial charge in [-0.1, -0.05) is 0 Å². The number of aromatic nitrogens is 1. The van der Waals surface area contributed by atoms with E-state index in [9.17, 15) is 4.79 Å². The van der Waals surface area contributed by atoms with Crippen molar-refractivity contribution in [3.63, 3.8) is 0 Å². The molecule has 0 aliphatic rings. The van der Waals surface area contributed by atoms with Crippen LogP contribution in [0.4, 0.5) is 0 Å². The molecule has 0 aromatic carbocycles. The standard InChI is InChI=1S/C8H10N2O3/c1-12-5-13-8-6(7(9)11)3-2-4-10-8/h2-4H,5H2,1H3,(H2,9,11). The zero-order chi connectivity index (χ0) is 9.68. The minimum atomic E-state index is -0.570. The Morgan fingerprint density at radius 2 is 2.46 bits per heavy atom. The monoisotopic (exact) mass is 182 g/mol. The first-order valence-electron chi connectivity index (χ1n) is 3.62. The van der Waals surface area contributed by atoms with Crippen LogP contribution in [-0.2, 0) is 4.74 Å². The van der Waals surface area contributed by atoms with Crippen molar-refractivity contribution >= 4 is 5.91 Å². The lowest BCUT2D eigenvalue weighted by Gasteiger charge is -2.05. The molecule has 0 bridgehead atoms. The second-order valence-electron chi connectivity index (χ2n) is 2.27. The highest BCUT2D eigenvalue weighted by molar-refractivity contribution is 5.94. The molecule has 2 N–H and O–H groups in total. The van der Waals surface area contributed by atoms with E-state index in [1.54, 1.807) is 12.1 Å². The first-order valence-corrected chi connectivity index (χ1v) is 3.62. The summed E-state index contributed by atoms with van der Waals surface area (Å²) in [4.78, 5) is 14.7. The van der Waals surface area contributed by atoms with E-state index in [2.05, 4.69) is 9.72 Å². The number of methoxy groups -OCH3 is 1. The molecule has 13 heavy (non-hydrogen) atoms. The molecule has 5 nitrogen and oxygen atoms in total. The lowest BCUT2D eigenvalue weighted by atomic mass is 10.2. The summed E-state index contributed by atoms with van der Waals surface area (Å²) < 4.78 is 9.68. The minimum Gasteiger partial charge on any atom is -0.450 e. The summed E-state index contributed by atoms with van der Waals surface area (Å²) in [5.74, 6) is -0.379. The van der Waals surface area contributed by atoms with Crippen LogP contribution in [0.5, 0.6) is 5.88 Å². The Morgan fingerprint density at radius 1 is 1.69 bits per heavy atom. The highest BCUT2D eigenvalue weighted by Gasteiger charge is 2.08. The summed E-state index contributed by atoms with van der Waals surface area (Å²) in [5, 5.41) is 0. The van der Waals surface area contributed by atoms with Crippen molar-refractivity contribution in [2.24, 2.45) is 5.73 Å². The number of nitrogens with two attached hydrogens (primary N) is 1. The minimum absolute atomic E-state index is 0.0390. The first-order chi connectivity index (χ1) is 6.25. The van der Waals surface area contributed by atoms with E-state index in [0.717, 1.165) is 0 Å². The molecule has 0 aliphatic carbocycles. The fourth-order valence-corrected chi connectivity index (χ4v) is 0.808. The maximum atomic E-state index is 10.8. The van der Waals surface area contributed by atoms with Crippen molar-refractivity contribution < 1.29 is 14.3 Å². The number of hydrogen-bond donors (Lipinski definition) is 1. The van der Waals surface area contributed by atoms with Gasteiger partial charge in [-0.05, 0) is 12.1 Å². The number of carbonyl (C=O) groups excluding carboxylic acids is 1. The fourth-order valence-electron chi connectivity index (χ4n) is 0.808. The molecule has 1 aromatic rings. The van der Waals surface area contributed by atoms with Gasteiger partial charge in [0.05, 0.1) is 0 Å². The molecule has 70 valence electrons. The van der Waals surface area contributed by atoms with Crippen LogP contribution < -0.4 is 10.5 Å². The van der Waals surface area contributed by atoms with E-state index < -0.39 is 5.91 Å². The smallest absolute Gasteiger partial charge is 0.254 e. The molecule has 0 radical (unpaired) electrons. The van der Waals surface area contributed by atoms with E-state index in [0.29, 0.717) is 0 Å². The molecule has 0 atom stereocenters. The van der Waals surface area contributed by atoms with Gasteiger partial charge in [0.25, 0.3) is 5.91 Å². The summed E-state index contributed by atoms with van der Waals surface area (Å²) in [6, 6.07) is 3.15. The van der Waals surface area contributed by atoms with Crippen LogP contribution in [0.15, 0.2) is 18.3 Å². The second kappa shape index (κ2) is 4.42. The molecular weight excluding hydrogens is 172 g/mol. The van der Waals surface area contributed by atoms with Crippen molar-refractivity contribution in [2.45, 2.75) is 0 Å². The Kier molecular flexibility index (Phi) is 3.22. The molecule has 1 aromatic heterocycles. The van der Waals surface area contributed by atoms with Crippen LogP contribution in [0, 0.1) is 0 Å². The maximum absolute atomic E-state index is 10.8. The molecule has 0 saturated carbocycles. The quantitative estimate of drug-likeness (QED) is 0.673. The van der Waals surface area contributed by atoms with Crippen LogP contribution in [-0.4, -0.2) is 24.8 Å². The molecule has 1 amide bonds. The number of amides is 1. The Morgan fingerprint density at radius 3 is 3.08 bits per heavy atom. The van der Waals surface area contributed by atoms with Gasteiger partial charge in [-0.15, -0.1) is 0 Å². The number of ether oxygens (including phenoxy) is 2. The van der Waals surface area contributed by atoms with Crippen molar-refractivity contribution in [1.82, 2.24) is 4.98 Å². The Labute approximate surface area is 75.5 Å². The average Bonchev–Trinajstić information content (AvgIpc) is 2.15. The molecule has 0 spiro atoms. The number of carbonyl (C=O) groups is 1. The molecule has 1 heterocycles. The molecule has 1 rings (SSSR count). The van der Waals surface area contributed by atoms with Crippen molar-refractivity contribution in [3.8, 4) is 5.88 Å². The fraction of sp³-hybridized carbons (Fsp3) is 0.250. The zero-order valence-electron chi connectivity index (χ0n) is 7.19. The molecule has 0 saturated heterocycles. The Bertz CT molecular complexity index is 301. The Hall–Kier alpha value is -1.62. The summed E-state index contributed by atoms with van der Waals surface area (Å²) in [6.07, 6.45) is 1.51. The predicted molar refractivity (Wildman–Crippen MR) is 45.3 cm³/mol. The first kappa shape index (κ1) is 9.47. The second-order valence-corrected chi connectivity index (χ2v) is 2.27. The topological polar surface area (TPSA) is 74.4 Å². The Balaban J connectivity index is 2.84. The van der Waals surface area contributed by atoms with Gasteiger partial charge in [0.2, 0.25) is 5.88 Å². The van der Waals surface area contributed by atoms with E-state index in [1.165, 1.54) is 13.3 Å². The van der Waals surface area contributed by atoms with Crippen LogP contribution in [0.1, 0.15) is 10.4 Å². The number of pyridine rings is 1. The number of nitrogens with zero attached hydrogens (tertiary/aromatic N) is 1.